The van der Waals surface area contributed by atoms with Crippen LogP contribution in [0.1, 0.15) is 52.3 Å². The summed E-state index contributed by atoms with van der Waals surface area (Å²) in [4.78, 5) is 30.0. The Labute approximate surface area is 161 Å². The number of hydrogen-bond acceptors (Lipinski definition) is 5. The molecule has 1 aliphatic rings. The van der Waals surface area contributed by atoms with Crippen LogP contribution in [0.4, 0.5) is 5.13 Å². The maximum atomic E-state index is 12.5. The summed E-state index contributed by atoms with van der Waals surface area (Å²) in [6.45, 7) is 8.19. The summed E-state index contributed by atoms with van der Waals surface area (Å²) in [5.41, 5.74) is 4.66. The first-order valence-corrected chi connectivity index (χ1v) is 9.84. The molecule has 27 heavy (non-hydrogen) atoms. The van der Waals surface area contributed by atoms with Crippen molar-refractivity contribution in [2.75, 3.05) is 5.32 Å². The number of rotatable bonds is 3. The average Bonchev–Trinajstić information content (AvgIpc) is 3.14. The van der Waals surface area contributed by atoms with Crippen molar-refractivity contribution in [2.24, 2.45) is 5.41 Å². The van der Waals surface area contributed by atoms with E-state index in [0.29, 0.717) is 16.4 Å². The summed E-state index contributed by atoms with van der Waals surface area (Å²) in [7, 11) is 0. The van der Waals surface area contributed by atoms with Crippen LogP contribution in [-0.2, 0) is 17.6 Å². The second-order valence-corrected chi connectivity index (χ2v) is 9.10. The molecule has 2 heterocycles. The molecule has 1 aliphatic carbocycles. The molecule has 0 saturated heterocycles. The highest BCUT2D eigenvalue weighted by Gasteiger charge is 2.34. The Morgan fingerprint density at radius 1 is 1.30 bits per heavy atom. The Hall–Kier alpha value is -2.47. The van der Waals surface area contributed by atoms with Gasteiger partial charge < -0.3 is 9.73 Å². The van der Waals surface area contributed by atoms with E-state index in [1.807, 2.05) is 26.0 Å². The van der Waals surface area contributed by atoms with Gasteiger partial charge in [-0.2, -0.15) is 0 Å². The Bertz CT molecular complexity index is 1070. The smallest absolute Gasteiger partial charge is 0.230 e. The molecule has 140 valence electrons. The average molecular weight is 382 g/mol. The number of amides is 1. The van der Waals surface area contributed by atoms with Crippen molar-refractivity contribution in [3.05, 3.63) is 45.7 Å². The maximum absolute atomic E-state index is 12.5. The minimum absolute atomic E-state index is 0.0782. The highest BCUT2D eigenvalue weighted by Crippen LogP contribution is 2.38. The Kier molecular flexibility index (Phi) is 4.18. The van der Waals surface area contributed by atoms with E-state index in [2.05, 4.69) is 24.1 Å². The number of furan rings is 1. The van der Waals surface area contributed by atoms with Crippen LogP contribution < -0.4 is 5.32 Å². The predicted octanol–water partition coefficient (Wildman–Crippen LogP) is 4.84. The fraction of sp³-hybridized carbons (Fsp3) is 0.381. The molecule has 1 aromatic carbocycles. The number of carbonyl (C=O) groups is 2. The molecule has 3 aromatic rings. The van der Waals surface area contributed by atoms with Gasteiger partial charge in [-0.15, -0.1) is 0 Å². The molecule has 0 atom stereocenters. The third-order valence-corrected chi connectivity index (χ3v) is 6.23. The fourth-order valence-corrected chi connectivity index (χ4v) is 4.57. The largest absolute Gasteiger partial charge is 0.464 e. The summed E-state index contributed by atoms with van der Waals surface area (Å²) < 4.78 is 5.68. The number of aryl methyl sites for hydroxylation is 2. The molecule has 2 aromatic heterocycles. The SMILES string of the molecule is Cc1ccc2c(CC(=O)Nc3nc4c(s3)C(=O)CC(C)(C)C4)coc2c1C. The number of nitrogens with zero attached hydrogens (tertiary/aromatic N) is 1. The number of thiazole rings is 1. The zero-order valence-electron chi connectivity index (χ0n) is 15.9. The minimum Gasteiger partial charge on any atom is -0.464 e. The lowest BCUT2D eigenvalue weighted by Crippen LogP contribution is -2.26. The molecule has 5 nitrogen and oxygen atoms in total. The number of carbonyl (C=O) groups excluding carboxylic acids is 2. The first-order chi connectivity index (χ1) is 12.7. The topological polar surface area (TPSA) is 72.2 Å². The number of benzene rings is 1. The number of hydrogen-bond donors (Lipinski definition) is 1. The standard InChI is InChI=1S/C21H22N2O3S/c1-11-5-6-14-13(10-26-18(14)12(11)2)7-17(25)23-20-22-15-8-21(3,4)9-16(24)19(15)27-20/h5-6,10H,7-9H2,1-4H3,(H,22,23,25). The first-order valence-electron chi connectivity index (χ1n) is 9.02. The van der Waals surface area contributed by atoms with Crippen LogP contribution in [-0.4, -0.2) is 16.7 Å². The summed E-state index contributed by atoms with van der Waals surface area (Å²) in [6.07, 6.45) is 3.13. The molecule has 0 bridgehead atoms. The Morgan fingerprint density at radius 2 is 2.07 bits per heavy atom. The molecule has 4 rings (SSSR count). The van der Waals surface area contributed by atoms with E-state index in [1.54, 1.807) is 6.26 Å². The number of nitrogens with one attached hydrogen (secondary N) is 1. The van der Waals surface area contributed by atoms with Crippen LogP contribution >= 0.6 is 11.3 Å². The van der Waals surface area contributed by atoms with Gasteiger partial charge in [-0.3, -0.25) is 9.59 Å². The van der Waals surface area contributed by atoms with Crippen molar-refractivity contribution in [1.82, 2.24) is 4.98 Å². The molecular formula is C21H22N2O3S. The lowest BCUT2D eigenvalue weighted by atomic mass is 9.78. The van der Waals surface area contributed by atoms with Gasteiger partial charge >= 0.3 is 0 Å². The third-order valence-electron chi connectivity index (χ3n) is 5.17. The first kappa shape index (κ1) is 17.9. The van der Waals surface area contributed by atoms with Gasteiger partial charge in [0.05, 0.1) is 23.3 Å². The molecule has 0 unspecified atom stereocenters. The van der Waals surface area contributed by atoms with Crippen LogP contribution in [0.25, 0.3) is 11.0 Å². The molecule has 0 saturated carbocycles. The van der Waals surface area contributed by atoms with E-state index in [4.69, 9.17) is 4.42 Å². The monoisotopic (exact) mass is 382 g/mol. The number of ketones is 1. The van der Waals surface area contributed by atoms with E-state index in [9.17, 15) is 9.59 Å². The summed E-state index contributed by atoms with van der Waals surface area (Å²) in [6, 6.07) is 4.03. The molecule has 0 spiro atoms. The molecule has 0 radical (unpaired) electrons. The lowest BCUT2D eigenvalue weighted by Gasteiger charge is -2.26. The summed E-state index contributed by atoms with van der Waals surface area (Å²) in [5.74, 6) is -0.0420. The van der Waals surface area contributed by atoms with Gasteiger partial charge in [-0.05, 0) is 36.8 Å². The van der Waals surface area contributed by atoms with E-state index in [0.717, 1.165) is 39.8 Å². The van der Waals surface area contributed by atoms with Crippen molar-refractivity contribution in [3.8, 4) is 0 Å². The summed E-state index contributed by atoms with van der Waals surface area (Å²) in [5, 5.41) is 4.31. The van der Waals surface area contributed by atoms with Gasteiger partial charge in [0.25, 0.3) is 0 Å². The quantitative estimate of drug-likeness (QED) is 0.703. The molecule has 1 amide bonds. The zero-order chi connectivity index (χ0) is 19.3. The van der Waals surface area contributed by atoms with Gasteiger partial charge in [-0.1, -0.05) is 37.3 Å². The van der Waals surface area contributed by atoms with E-state index >= 15 is 0 Å². The highest BCUT2D eigenvalue weighted by molar-refractivity contribution is 7.17. The van der Waals surface area contributed by atoms with Crippen LogP contribution in [0.15, 0.2) is 22.8 Å². The highest BCUT2D eigenvalue weighted by atomic mass is 32.1. The number of aromatic nitrogens is 1. The molecule has 6 heteroatoms. The van der Waals surface area contributed by atoms with Gasteiger partial charge in [0.2, 0.25) is 5.91 Å². The van der Waals surface area contributed by atoms with E-state index in [1.165, 1.54) is 11.3 Å². The Morgan fingerprint density at radius 3 is 2.85 bits per heavy atom. The number of fused-ring (bicyclic) bond motifs is 2. The van der Waals surface area contributed by atoms with Gasteiger partial charge in [0.15, 0.2) is 10.9 Å². The van der Waals surface area contributed by atoms with Crippen LogP contribution in [0, 0.1) is 19.3 Å². The Balaban J connectivity index is 1.53. The van der Waals surface area contributed by atoms with Crippen molar-refractivity contribution in [1.29, 1.82) is 0 Å². The third kappa shape index (κ3) is 3.30. The van der Waals surface area contributed by atoms with Gasteiger partial charge in [0.1, 0.15) is 5.58 Å². The van der Waals surface area contributed by atoms with Crippen LogP contribution in [0.3, 0.4) is 0 Å². The van der Waals surface area contributed by atoms with Crippen molar-refractivity contribution >= 4 is 39.1 Å². The predicted molar refractivity (Wildman–Crippen MR) is 107 cm³/mol. The lowest BCUT2D eigenvalue weighted by molar-refractivity contribution is -0.115. The molecule has 1 N–H and O–H groups in total. The van der Waals surface area contributed by atoms with E-state index in [-0.39, 0.29) is 23.5 Å². The zero-order valence-corrected chi connectivity index (χ0v) is 16.8. The number of Topliss-reactive ketones (excluding diaryl/α,β-unsaturated/α-hetero) is 1. The minimum atomic E-state index is -0.159. The second kappa shape index (κ2) is 6.30. The van der Waals surface area contributed by atoms with Gasteiger partial charge in [0, 0.05) is 17.4 Å². The summed E-state index contributed by atoms with van der Waals surface area (Å²) >= 11 is 1.28. The van der Waals surface area contributed by atoms with Crippen LogP contribution in [0.5, 0.6) is 0 Å². The maximum Gasteiger partial charge on any atom is 0.230 e. The normalized spacial score (nSPS) is 15.8. The van der Waals surface area contributed by atoms with Crippen molar-refractivity contribution in [2.45, 2.75) is 47.0 Å². The van der Waals surface area contributed by atoms with Crippen molar-refractivity contribution in [3.63, 3.8) is 0 Å². The fourth-order valence-electron chi connectivity index (χ4n) is 3.64. The van der Waals surface area contributed by atoms with Crippen LogP contribution in [0.2, 0.25) is 0 Å². The molecule has 0 fully saturated rings. The number of anilines is 1. The second-order valence-electron chi connectivity index (χ2n) is 8.11. The van der Waals surface area contributed by atoms with Crippen molar-refractivity contribution < 1.29 is 14.0 Å². The van der Waals surface area contributed by atoms with E-state index < -0.39 is 0 Å². The molecular weight excluding hydrogens is 360 g/mol. The van der Waals surface area contributed by atoms with Gasteiger partial charge in [-0.25, -0.2) is 4.98 Å². The molecule has 0 aliphatic heterocycles.